The van der Waals surface area contributed by atoms with Crippen molar-refractivity contribution in [2.75, 3.05) is 25.5 Å². The van der Waals surface area contributed by atoms with E-state index in [1.165, 1.54) is 12.4 Å². The lowest BCUT2D eigenvalue weighted by Crippen LogP contribution is -2.73. The van der Waals surface area contributed by atoms with E-state index in [0.29, 0.717) is 11.1 Å². The number of rotatable bonds is 20. The molecule has 2 aromatic heterocycles. The maximum atomic E-state index is 14.5. The molecule has 2 fully saturated rings. The predicted octanol–water partition coefficient (Wildman–Crippen LogP) is 6.56. The van der Waals surface area contributed by atoms with Crippen LogP contribution in [0.2, 0.25) is 0 Å². The molecule has 1 saturated heterocycles. The van der Waals surface area contributed by atoms with Crippen LogP contribution >= 0.6 is 11.3 Å². The first-order chi connectivity index (χ1) is 39.0. The maximum absolute atomic E-state index is 14.5. The minimum atomic E-state index is -5.31. The molecule has 1 aliphatic carbocycles. The van der Waals surface area contributed by atoms with E-state index in [4.69, 9.17) is 28.6 Å². The average molecular weight is 1210 g/mol. The quantitative estimate of drug-likeness (QED) is 0.0106. The first-order valence-corrected chi connectivity index (χ1v) is 28.8. The van der Waals surface area contributed by atoms with Crippen LogP contribution in [0.15, 0.2) is 82.4 Å². The molecule has 28 nitrogen and oxygen atoms in total. The minimum absolute atomic E-state index is 0.0599. The summed E-state index contributed by atoms with van der Waals surface area (Å²) in [6.45, 7) is 19.6. The summed E-state index contributed by atoms with van der Waals surface area (Å²) in [5.74, 6) is -4.32. The number of anilines is 1. The van der Waals surface area contributed by atoms with E-state index in [0.717, 1.165) is 32.3 Å². The Kier molecular flexibility index (Phi) is 20.2. The molecule has 1 aliphatic heterocycles. The van der Waals surface area contributed by atoms with Crippen LogP contribution in [0.1, 0.15) is 132 Å². The van der Waals surface area contributed by atoms with E-state index in [1.54, 1.807) is 111 Å². The Bertz CT molecular complexity index is 3170. The van der Waals surface area contributed by atoms with Gasteiger partial charge in [-0.3, -0.25) is 24.3 Å². The third kappa shape index (κ3) is 18.9. The number of nitrogens with one attached hydrogen (secondary N) is 3. The van der Waals surface area contributed by atoms with Crippen molar-refractivity contribution >= 4 is 80.4 Å². The summed E-state index contributed by atoms with van der Waals surface area (Å²) < 4.78 is 58.3. The molecule has 6 rings (SSSR count). The number of amides is 6. The Morgan fingerprint density at radius 2 is 1.46 bits per heavy atom. The number of ether oxygens (including phenoxy) is 4. The lowest BCUT2D eigenvalue weighted by atomic mass is 9.92. The average Bonchev–Trinajstić information content (AvgIpc) is 3.10. The molecule has 30 heteroatoms. The zero-order valence-electron chi connectivity index (χ0n) is 49.0. The van der Waals surface area contributed by atoms with Crippen molar-refractivity contribution in [3.8, 4) is 5.88 Å². The van der Waals surface area contributed by atoms with Crippen molar-refractivity contribution in [2.45, 2.75) is 156 Å². The largest absolute Gasteiger partial charge is 0.450 e. The van der Waals surface area contributed by atoms with Crippen molar-refractivity contribution in [1.29, 1.82) is 0 Å². The number of hydrogen-bond donors (Lipinski definition) is 4. The second-order valence-electron chi connectivity index (χ2n) is 23.7. The molecule has 0 bridgehead atoms. The number of carbonyl (C=O) groups is 7. The van der Waals surface area contributed by atoms with Crippen molar-refractivity contribution in [1.82, 2.24) is 44.9 Å². The van der Waals surface area contributed by atoms with Crippen molar-refractivity contribution in [3.05, 3.63) is 89.1 Å². The maximum Gasteiger partial charge on any atom is 0.437 e. The van der Waals surface area contributed by atoms with Gasteiger partial charge in [0, 0.05) is 44.8 Å². The number of β-lactam (4-membered cyclic amide) rings is 1. The van der Waals surface area contributed by atoms with E-state index in [1.807, 2.05) is 32.9 Å². The highest BCUT2D eigenvalue weighted by Crippen LogP contribution is 2.43. The van der Waals surface area contributed by atoms with Gasteiger partial charge in [-0.25, -0.2) is 33.4 Å². The highest BCUT2D eigenvalue weighted by Gasteiger charge is 2.57. The Hall–Kier alpha value is -8.25. The van der Waals surface area contributed by atoms with Crippen molar-refractivity contribution in [3.63, 3.8) is 0 Å². The zero-order valence-corrected chi connectivity index (χ0v) is 50.7. The third-order valence-electron chi connectivity index (χ3n) is 11.5. The number of benzene rings is 2. The van der Waals surface area contributed by atoms with Crippen molar-refractivity contribution in [2.24, 2.45) is 15.6 Å². The second-order valence-corrected chi connectivity index (χ2v) is 25.9. The van der Waals surface area contributed by atoms with Gasteiger partial charge in [-0.1, -0.05) is 86.6 Å². The molecule has 2 atom stereocenters. The van der Waals surface area contributed by atoms with Crippen LogP contribution in [0, 0.1) is 5.41 Å². The number of carbonyl (C=O) groups excluding carboxylic acids is 7. The summed E-state index contributed by atoms with van der Waals surface area (Å²) in [4.78, 5) is 117. The van der Waals surface area contributed by atoms with Crippen molar-refractivity contribution < 1.29 is 75.2 Å². The Labute approximate surface area is 490 Å². The van der Waals surface area contributed by atoms with Gasteiger partial charge >= 0.3 is 34.6 Å². The summed E-state index contributed by atoms with van der Waals surface area (Å²) in [6.07, 6.45) is -2.17. The summed E-state index contributed by atoms with van der Waals surface area (Å²) in [7, 11) is -4.04. The fourth-order valence-electron chi connectivity index (χ4n) is 7.79. The monoisotopic (exact) mass is 1210 g/mol. The van der Waals surface area contributed by atoms with Gasteiger partial charge in [0.2, 0.25) is 11.5 Å². The Morgan fingerprint density at radius 3 is 2.01 bits per heavy atom. The molecule has 1 saturated carbocycles. The van der Waals surface area contributed by atoms with Crippen LogP contribution in [0.5, 0.6) is 5.88 Å². The van der Waals surface area contributed by atoms with Gasteiger partial charge in [-0.05, 0) is 85.3 Å². The fourth-order valence-corrected chi connectivity index (χ4v) is 9.34. The minimum Gasteiger partial charge on any atom is -0.450 e. The fraction of sp³-hybridized carbons (Fsp3) is 0.519. The molecule has 2 aliphatic rings. The predicted molar refractivity (Wildman–Crippen MR) is 303 cm³/mol. The van der Waals surface area contributed by atoms with Gasteiger partial charge in [-0.2, -0.15) is 23.4 Å². The molecule has 84 heavy (non-hydrogen) atoms. The van der Waals surface area contributed by atoms with Crippen LogP contribution in [0.3, 0.4) is 0 Å². The lowest BCUT2D eigenvalue weighted by Gasteiger charge is -2.43. The number of aliphatic imine (C=N–C) groups is 1. The number of thiazole rings is 1. The number of nitrogens with zero attached hydrogens (tertiary/aromatic N) is 9. The molecular weight excluding hydrogens is 1140 g/mol. The molecule has 0 spiro atoms. The normalized spacial score (nSPS) is 16.4. The number of aromatic nitrogens is 4. The summed E-state index contributed by atoms with van der Waals surface area (Å²) in [5.41, 5.74) is -4.47. The standard InChI is InChI=1S/C54H72N12O16S2/c1-50(2,3)29-37(67)55-27-20-28-64(49(73)80-53(10,11)12)46(60-48(72)79-52(7,8)9)63(13)81-38-30-56-65(61-38)31-36-40(43(69)66(36)84(74,75)76)58-42(68)39(35-32-83-45(57-35)59-47(71)78-51(4,5)6)62-82-54(25-26-54)44(70)77-41(33-21-16-14-17-22-33)34-23-18-15-19-24-34/h14-19,21-24,30,32,36,40-41H,20,25-29,31H2,1-13H3,(H,55,67)(H,58,68)(H,57,59,71)(H,74,75,76)/b60-46?,62-39-/t36-,40+/m1/s1. The number of esters is 1. The molecule has 3 heterocycles. The van der Waals surface area contributed by atoms with E-state index >= 15 is 0 Å². The van der Waals surface area contributed by atoms with E-state index in [-0.39, 0.29) is 71.1 Å². The van der Waals surface area contributed by atoms with Crippen LogP contribution in [-0.2, 0) is 59.8 Å². The van der Waals surface area contributed by atoms with Crippen LogP contribution in [0.4, 0.5) is 19.5 Å². The van der Waals surface area contributed by atoms with E-state index in [2.05, 4.69) is 41.3 Å². The van der Waals surface area contributed by atoms with Gasteiger partial charge in [0.15, 0.2) is 16.9 Å². The van der Waals surface area contributed by atoms with Crippen LogP contribution in [-0.4, -0.2) is 155 Å². The Balaban J connectivity index is 1.26. The first kappa shape index (κ1) is 64.9. The molecule has 4 N–H and O–H groups in total. The smallest absolute Gasteiger partial charge is 0.437 e. The number of guanidine groups is 1. The summed E-state index contributed by atoms with van der Waals surface area (Å²) in [6, 6.07) is 14.6. The summed E-state index contributed by atoms with van der Waals surface area (Å²) >= 11 is 0.854. The third-order valence-corrected chi connectivity index (χ3v) is 13.2. The highest BCUT2D eigenvalue weighted by atomic mass is 32.2. The van der Waals surface area contributed by atoms with Gasteiger partial charge in [-0.15, -0.1) is 21.4 Å². The topological polar surface area (TPSA) is 343 Å². The molecule has 2 aromatic carbocycles. The summed E-state index contributed by atoms with van der Waals surface area (Å²) in [5, 5.41) is 22.3. The molecule has 456 valence electrons. The van der Waals surface area contributed by atoms with E-state index < -0.39 is 105 Å². The molecule has 0 radical (unpaired) electrons. The first-order valence-electron chi connectivity index (χ1n) is 26.6. The molecule has 0 unspecified atom stereocenters. The zero-order chi connectivity index (χ0) is 62.2. The highest BCUT2D eigenvalue weighted by molar-refractivity contribution is 7.84. The van der Waals surface area contributed by atoms with E-state index in [9.17, 15) is 46.5 Å². The molecular formula is C54H72N12O16S2. The lowest BCUT2D eigenvalue weighted by molar-refractivity contribution is -0.164. The second kappa shape index (κ2) is 26.1. The molecule has 4 aromatic rings. The Morgan fingerprint density at radius 1 is 0.869 bits per heavy atom. The van der Waals surface area contributed by atoms with Crippen LogP contribution < -0.4 is 20.8 Å². The molecule has 6 amide bonds. The number of oxime groups is 1. The number of hydroxylamine groups is 2. The van der Waals surface area contributed by atoms with Gasteiger partial charge in [0.05, 0.1) is 6.54 Å². The number of hydrogen-bond acceptors (Lipinski definition) is 20. The van der Waals surface area contributed by atoms with Crippen LogP contribution in [0.25, 0.3) is 0 Å². The van der Waals surface area contributed by atoms with Gasteiger partial charge < -0.3 is 39.3 Å². The van der Waals surface area contributed by atoms with Gasteiger partial charge in [0.1, 0.15) is 40.8 Å². The SMILES string of the molecule is CN(Oc1cnn(C[C@@H]2[C@H](NC(=O)/C(=N\OC3(C(=O)OC(c4ccccc4)c4ccccc4)CC3)c3csc(NC(=O)OC(C)(C)C)n3)C(=O)N2S(=O)(=O)O)n1)C(=NC(=O)OC(C)(C)C)N(CCCNC(=O)CC(C)(C)C)C(=O)OC(C)(C)C. The van der Waals surface area contributed by atoms with Gasteiger partial charge in [0.25, 0.3) is 23.7 Å².